The van der Waals surface area contributed by atoms with Crippen molar-refractivity contribution in [3.05, 3.63) is 40.6 Å². The third-order valence-corrected chi connectivity index (χ3v) is 3.15. The second-order valence-electron chi connectivity index (χ2n) is 4.80. The molecule has 2 aromatic rings. The summed E-state index contributed by atoms with van der Waals surface area (Å²) in [5.74, 6) is 0.300. The van der Waals surface area contributed by atoms with Gasteiger partial charge < -0.3 is 9.15 Å². The molecular formula is C14H15N3O3. The zero-order valence-electron chi connectivity index (χ0n) is 11.4. The van der Waals surface area contributed by atoms with Crippen LogP contribution in [0.2, 0.25) is 0 Å². The maximum atomic E-state index is 12.2. The Balaban J connectivity index is 1.84. The summed E-state index contributed by atoms with van der Waals surface area (Å²) in [6, 6.07) is 1.85. The summed E-state index contributed by atoms with van der Waals surface area (Å²) in [5.41, 5.74) is 3.46. The van der Waals surface area contributed by atoms with Crippen molar-refractivity contribution in [2.45, 2.75) is 26.9 Å². The molecule has 0 aromatic carbocycles. The van der Waals surface area contributed by atoms with Crippen molar-refractivity contribution < 1.29 is 13.9 Å². The van der Waals surface area contributed by atoms with Crippen LogP contribution in [0.15, 0.2) is 16.7 Å². The lowest BCUT2D eigenvalue weighted by molar-refractivity contribution is 0.0987. The lowest BCUT2D eigenvalue weighted by atomic mass is 10.1. The molecule has 0 spiro atoms. The van der Waals surface area contributed by atoms with Crippen LogP contribution < -0.4 is 5.32 Å². The summed E-state index contributed by atoms with van der Waals surface area (Å²) in [6.45, 7) is 4.81. The molecule has 0 aliphatic carbocycles. The van der Waals surface area contributed by atoms with Crippen LogP contribution in [0.25, 0.3) is 0 Å². The first kappa shape index (κ1) is 12.8. The largest absolute Gasteiger partial charge is 0.458 e. The topological polar surface area (TPSA) is 77.2 Å². The molecular weight excluding hydrogens is 258 g/mol. The van der Waals surface area contributed by atoms with E-state index < -0.39 is 0 Å². The van der Waals surface area contributed by atoms with Crippen LogP contribution in [0, 0.1) is 13.8 Å². The molecule has 3 rings (SSSR count). The number of carbonyl (C=O) groups excluding carboxylic acids is 1. The average Bonchev–Trinajstić information content (AvgIpc) is 2.81. The van der Waals surface area contributed by atoms with Crippen LogP contribution in [0.4, 0.5) is 5.95 Å². The highest BCUT2D eigenvalue weighted by atomic mass is 16.5. The Bertz CT molecular complexity index is 643. The third-order valence-electron chi connectivity index (χ3n) is 3.15. The second-order valence-corrected chi connectivity index (χ2v) is 4.80. The quantitative estimate of drug-likeness (QED) is 0.905. The summed E-state index contributed by atoms with van der Waals surface area (Å²) in [5, 5.41) is 2.68. The first-order valence-electron chi connectivity index (χ1n) is 6.44. The Morgan fingerprint density at radius 2 is 2.05 bits per heavy atom. The van der Waals surface area contributed by atoms with Crippen molar-refractivity contribution in [3.63, 3.8) is 0 Å². The lowest BCUT2D eigenvalue weighted by Gasteiger charge is -2.12. The minimum Gasteiger partial charge on any atom is -0.458 e. The maximum Gasteiger partial charge on any atom is 0.294 e. The predicted molar refractivity (Wildman–Crippen MR) is 71.5 cm³/mol. The van der Waals surface area contributed by atoms with Gasteiger partial charge >= 0.3 is 0 Å². The van der Waals surface area contributed by atoms with Gasteiger partial charge in [0.2, 0.25) is 5.95 Å². The van der Waals surface area contributed by atoms with E-state index in [1.54, 1.807) is 6.26 Å². The second kappa shape index (κ2) is 5.05. The molecule has 1 aliphatic heterocycles. The van der Waals surface area contributed by atoms with Crippen molar-refractivity contribution in [2.75, 3.05) is 11.9 Å². The van der Waals surface area contributed by atoms with Crippen molar-refractivity contribution in [2.24, 2.45) is 0 Å². The number of hydrogen-bond acceptors (Lipinski definition) is 5. The molecule has 6 nitrogen and oxygen atoms in total. The number of ether oxygens (including phenoxy) is 1. The van der Waals surface area contributed by atoms with Gasteiger partial charge in [-0.1, -0.05) is 0 Å². The van der Waals surface area contributed by atoms with E-state index in [1.807, 2.05) is 19.9 Å². The molecule has 6 heteroatoms. The lowest BCUT2D eigenvalue weighted by Crippen LogP contribution is -2.18. The van der Waals surface area contributed by atoms with E-state index in [1.165, 1.54) is 0 Å². The summed E-state index contributed by atoms with van der Waals surface area (Å²) >= 11 is 0. The number of aryl methyl sites for hydroxylation is 2. The average molecular weight is 273 g/mol. The first-order valence-corrected chi connectivity index (χ1v) is 6.44. The number of aromatic nitrogens is 2. The monoisotopic (exact) mass is 273 g/mol. The minimum absolute atomic E-state index is 0.296. The Labute approximate surface area is 116 Å². The molecule has 0 radical (unpaired) electrons. The molecule has 3 heterocycles. The van der Waals surface area contributed by atoms with E-state index in [2.05, 4.69) is 15.3 Å². The molecule has 0 saturated carbocycles. The Kier molecular flexibility index (Phi) is 3.23. The normalized spacial score (nSPS) is 13.9. The molecule has 1 amide bonds. The van der Waals surface area contributed by atoms with Crippen LogP contribution in [0.5, 0.6) is 0 Å². The van der Waals surface area contributed by atoms with Crippen molar-refractivity contribution in [1.82, 2.24) is 9.97 Å². The predicted octanol–water partition coefficient (Wildman–Crippen LogP) is 2.01. The van der Waals surface area contributed by atoms with Crippen LogP contribution in [0.1, 0.15) is 33.1 Å². The van der Waals surface area contributed by atoms with Crippen LogP contribution in [0.3, 0.4) is 0 Å². The molecule has 1 N–H and O–H groups in total. The Morgan fingerprint density at radius 3 is 2.80 bits per heavy atom. The van der Waals surface area contributed by atoms with Gasteiger partial charge in [0, 0.05) is 28.9 Å². The molecule has 0 atom stereocenters. The smallest absolute Gasteiger partial charge is 0.294 e. The molecule has 104 valence electrons. The van der Waals surface area contributed by atoms with E-state index in [9.17, 15) is 4.79 Å². The maximum absolute atomic E-state index is 12.2. The molecule has 1 aliphatic rings. The van der Waals surface area contributed by atoms with E-state index in [4.69, 9.17) is 9.15 Å². The van der Waals surface area contributed by atoms with Gasteiger partial charge in [0.15, 0.2) is 5.76 Å². The van der Waals surface area contributed by atoms with Crippen molar-refractivity contribution in [1.29, 1.82) is 0 Å². The molecule has 0 fully saturated rings. The van der Waals surface area contributed by atoms with Gasteiger partial charge in [-0.3, -0.25) is 10.1 Å². The Morgan fingerprint density at radius 1 is 1.30 bits per heavy atom. The number of fused-ring (bicyclic) bond motifs is 1. The number of anilines is 1. The SMILES string of the molecule is Cc1cc(C)nc(NC(=O)c2occ3c2CCOC3)n1. The van der Waals surface area contributed by atoms with Gasteiger partial charge in [-0.2, -0.15) is 0 Å². The number of rotatable bonds is 2. The van der Waals surface area contributed by atoms with Crippen LogP contribution in [-0.2, 0) is 17.8 Å². The van der Waals surface area contributed by atoms with Gasteiger partial charge in [-0.05, 0) is 19.9 Å². The zero-order valence-corrected chi connectivity index (χ0v) is 11.4. The highest BCUT2D eigenvalue weighted by molar-refractivity contribution is 6.02. The molecule has 20 heavy (non-hydrogen) atoms. The minimum atomic E-state index is -0.321. The number of hydrogen-bond donors (Lipinski definition) is 1. The summed E-state index contributed by atoms with van der Waals surface area (Å²) in [6.07, 6.45) is 2.26. The molecule has 0 saturated heterocycles. The van der Waals surface area contributed by atoms with Gasteiger partial charge in [-0.25, -0.2) is 9.97 Å². The van der Waals surface area contributed by atoms with Gasteiger partial charge in [0.05, 0.1) is 19.5 Å². The summed E-state index contributed by atoms with van der Waals surface area (Å²) < 4.78 is 10.7. The van der Waals surface area contributed by atoms with Gasteiger partial charge in [-0.15, -0.1) is 0 Å². The molecule has 0 bridgehead atoms. The number of carbonyl (C=O) groups is 1. The van der Waals surface area contributed by atoms with E-state index in [0.29, 0.717) is 31.3 Å². The summed E-state index contributed by atoms with van der Waals surface area (Å²) in [7, 11) is 0. The highest BCUT2D eigenvalue weighted by Crippen LogP contribution is 2.23. The van der Waals surface area contributed by atoms with E-state index in [0.717, 1.165) is 22.5 Å². The number of amides is 1. The van der Waals surface area contributed by atoms with E-state index >= 15 is 0 Å². The number of nitrogens with one attached hydrogen (secondary N) is 1. The van der Waals surface area contributed by atoms with Crippen LogP contribution in [-0.4, -0.2) is 22.5 Å². The fraction of sp³-hybridized carbons (Fsp3) is 0.357. The zero-order chi connectivity index (χ0) is 14.1. The Hall–Kier alpha value is -2.21. The summed E-state index contributed by atoms with van der Waals surface area (Å²) in [4.78, 5) is 20.6. The highest BCUT2D eigenvalue weighted by Gasteiger charge is 2.23. The molecule has 2 aromatic heterocycles. The third kappa shape index (κ3) is 2.42. The van der Waals surface area contributed by atoms with Gasteiger partial charge in [0.25, 0.3) is 5.91 Å². The van der Waals surface area contributed by atoms with E-state index in [-0.39, 0.29) is 5.91 Å². The van der Waals surface area contributed by atoms with Crippen LogP contribution >= 0.6 is 0 Å². The fourth-order valence-corrected chi connectivity index (χ4v) is 2.30. The number of nitrogens with zero attached hydrogens (tertiary/aromatic N) is 2. The molecule has 0 unspecified atom stereocenters. The first-order chi connectivity index (χ1) is 9.63. The van der Waals surface area contributed by atoms with Gasteiger partial charge in [0.1, 0.15) is 0 Å². The van der Waals surface area contributed by atoms with Crippen molar-refractivity contribution >= 4 is 11.9 Å². The standard InChI is InChI=1S/C14H15N3O3/c1-8-5-9(2)16-14(15-8)17-13(18)12-11-3-4-19-6-10(11)7-20-12/h5,7H,3-4,6H2,1-2H3,(H,15,16,17,18). The number of furan rings is 1. The van der Waals surface area contributed by atoms with Crippen molar-refractivity contribution in [3.8, 4) is 0 Å². The fourth-order valence-electron chi connectivity index (χ4n) is 2.30.